The molecule has 2 nitrogen and oxygen atoms in total. The lowest BCUT2D eigenvalue weighted by Crippen LogP contribution is -2.36. The lowest BCUT2D eigenvalue weighted by atomic mass is 9.95. The van der Waals surface area contributed by atoms with Gasteiger partial charge in [-0.1, -0.05) is 50.3 Å². The second kappa shape index (κ2) is 9.46. The van der Waals surface area contributed by atoms with E-state index in [4.69, 9.17) is 4.99 Å². The molecule has 1 aliphatic carbocycles. The first-order valence-corrected chi connectivity index (χ1v) is 9.32. The van der Waals surface area contributed by atoms with Crippen LogP contribution in [0.1, 0.15) is 53.4 Å². The molecule has 0 saturated carbocycles. The normalized spacial score (nSPS) is 23.2. The van der Waals surface area contributed by atoms with Crippen molar-refractivity contribution in [1.29, 1.82) is 0 Å². The maximum Gasteiger partial charge on any atom is 0.0621 e. The standard InChI is InChI=1S/C22H32N2/c1-5-7-9-12-18(4)22-16-23-20(17(3)6-2)15-21(24-22)19-13-10-8-11-14-19/h6-10,13,15,18,22,24H,5,11-12,14,16H2,1-4H3/b9-7-,17-6+. The van der Waals surface area contributed by atoms with Crippen molar-refractivity contribution in [2.75, 3.05) is 6.54 Å². The molecule has 2 unspecified atom stereocenters. The molecular formula is C22H32N2. The van der Waals surface area contributed by atoms with E-state index in [9.17, 15) is 0 Å². The van der Waals surface area contributed by atoms with E-state index >= 15 is 0 Å². The van der Waals surface area contributed by atoms with Gasteiger partial charge in [0.05, 0.1) is 12.3 Å². The molecule has 130 valence electrons. The first-order valence-electron chi connectivity index (χ1n) is 9.32. The fourth-order valence-electron chi connectivity index (χ4n) is 3.03. The molecule has 1 aliphatic heterocycles. The van der Waals surface area contributed by atoms with Crippen LogP contribution in [0.15, 0.2) is 64.4 Å². The number of hydrogen-bond acceptors (Lipinski definition) is 2. The minimum atomic E-state index is 0.381. The Bertz CT molecular complexity index is 599. The SMILES string of the molecule is C/C=C(\C)C1=NCC(C(C)C/C=C\CC)NC(C2=CC=CCC2)=C1. The van der Waals surface area contributed by atoms with Crippen LogP contribution in [0.4, 0.5) is 0 Å². The maximum absolute atomic E-state index is 4.91. The van der Waals surface area contributed by atoms with Gasteiger partial charge in [-0.3, -0.25) is 4.99 Å². The van der Waals surface area contributed by atoms with Gasteiger partial charge < -0.3 is 5.32 Å². The molecule has 0 spiro atoms. The van der Waals surface area contributed by atoms with Gasteiger partial charge >= 0.3 is 0 Å². The summed E-state index contributed by atoms with van der Waals surface area (Å²) in [6.45, 7) is 9.58. The van der Waals surface area contributed by atoms with Crippen LogP contribution in [0.25, 0.3) is 0 Å². The number of nitrogens with one attached hydrogen (secondary N) is 1. The summed E-state index contributed by atoms with van der Waals surface area (Å²) in [6, 6.07) is 0.381. The third kappa shape index (κ3) is 5.09. The summed E-state index contributed by atoms with van der Waals surface area (Å²) in [5.74, 6) is 0.560. The fourth-order valence-corrected chi connectivity index (χ4v) is 3.03. The maximum atomic E-state index is 4.91. The molecule has 0 saturated heterocycles. The van der Waals surface area contributed by atoms with Crippen molar-refractivity contribution in [2.45, 2.75) is 59.4 Å². The molecule has 2 heteroatoms. The number of nitrogens with zero attached hydrogens (tertiary/aromatic N) is 1. The van der Waals surface area contributed by atoms with Crippen LogP contribution in [0.2, 0.25) is 0 Å². The van der Waals surface area contributed by atoms with E-state index in [1.165, 1.54) is 16.8 Å². The summed E-state index contributed by atoms with van der Waals surface area (Å²) in [5.41, 5.74) is 5.03. The molecule has 0 aromatic heterocycles. The zero-order chi connectivity index (χ0) is 17.4. The summed E-state index contributed by atoms with van der Waals surface area (Å²) >= 11 is 0. The van der Waals surface area contributed by atoms with E-state index in [0.717, 1.165) is 37.9 Å². The highest BCUT2D eigenvalue weighted by molar-refractivity contribution is 6.08. The smallest absolute Gasteiger partial charge is 0.0621 e. The van der Waals surface area contributed by atoms with E-state index in [0.29, 0.717) is 12.0 Å². The Hall–Kier alpha value is -1.83. The van der Waals surface area contributed by atoms with Crippen molar-refractivity contribution in [3.05, 3.63) is 59.4 Å². The summed E-state index contributed by atoms with van der Waals surface area (Å²) < 4.78 is 0. The molecule has 2 atom stereocenters. The van der Waals surface area contributed by atoms with Crippen molar-refractivity contribution in [2.24, 2.45) is 10.9 Å². The van der Waals surface area contributed by atoms with Gasteiger partial charge in [0, 0.05) is 11.7 Å². The zero-order valence-electron chi connectivity index (χ0n) is 15.7. The zero-order valence-corrected chi connectivity index (χ0v) is 15.7. The number of rotatable bonds is 6. The Morgan fingerprint density at radius 1 is 1.42 bits per heavy atom. The molecule has 0 bridgehead atoms. The van der Waals surface area contributed by atoms with Crippen LogP contribution >= 0.6 is 0 Å². The minimum Gasteiger partial charge on any atom is -0.380 e. The van der Waals surface area contributed by atoms with Crippen LogP contribution in [-0.4, -0.2) is 18.3 Å². The molecule has 1 N–H and O–H groups in total. The lowest BCUT2D eigenvalue weighted by Gasteiger charge is -2.25. The van der Waals surface area contributed by atoms with Gasteiger partial charge in [-0.25, -0.2) is 0 Å². The lowest BCUT2D eigenvalue weighted by molar-refractivity contribution is 0.415. The Morgan fingerprint density at radius 2 is 2.25 bits per heavy atom. The molecule has 24 heavy (non-hydrogen) atoms. The van der Waals surface area contributed by atoms with E-state index in [1.54, 1.807) is 0 Å². The molecule has 2 rings (SSSR count). The minimum absolute atomic E-state index is 0.381. The molecule has 0 fully saturated rings. The Labute approximate surface area is 147 Å². The summed E-state index contributed by atoms with van der Waals surface area (Å²) in [4.78, 5) is 4.91. The predicted octanol–water partition coefficient (Wildman–Crippen LogP) is 5.52. The van der Waals surface area contributed by atoms with Crippen LogP contribution in [0, 0.1) is 5.92 Å². The molecule has 1 heterocycles. The van der Waals surface area contributed by atoms with Crippen LogP contribution in [0.3, 0.4) is 0 Å². The molecule has 0 aromatic carbocycles. The van der Waals surface area contributed by atoms with E-state index in [-0.39, 0.29) is 0 Å². The second-order valence-electron chi connectivity index (χ2n) is 6.76. The monoisotopic (exact) mass is 324 g/mol. The van der Waals surface area contributed by atoms with E-state index in [1.807, 2.05) is 0 Å². The first-order chi connectivity index (χ1) is 11.7. The van der Waals surface area contributed by atoms with Gasteiger partial charge in [-0.05, 0) is 62.7 Å². The molecule has 0 radical (unpaired) electrons. The van der Waals surface area contributed by atoms with Gasteiger partial charge in [0.1, 0.15) is 0 Å². The molecular weight excluding hydrogens is 292 g/mol. The third-order valence-corrected chi connectivity index (χ3v) is 4.87. The average Bonchev–Trinajstić information content (AvgIpc) is 2.85. The van der Waals surface area contributed by atoms with Gasteiger partial charge in [-0.2, -0.15) is 0 Å². The topological polar surface area (TPSA) is 24.4 Å². The van der Waals surface area contributed by atoms with Crippen LogP contribution < -0.4 is 5.32 Å². The quantitative estimate of drug-likeness (QED) is 0.639. The van der Waals surface area contributed by atoms with Crippen molar-refractivity contribution in [1.82, 2.24) is 5.32 Å². The van der Waals surface area contributed by atoms with Gasteiger partial charge in [0.25, 0.3) is 0 Å². The number of hydrogen-bond donors (Lipinski definition) is 1. The molecule has 0 aromatic rings. The van der Waals surface area contributed by atoms with Gasteiger partial charge in [0.15, 0.2) is 0 Å². The number of allylic oxidation sites excluding steroid dienone is 9. The highest BCUT2D eigenvalue weighted by atomic mass is 15.0. The Kier molecular flexibility index (Phi) is 7.30. The predicted molar refractivity (Wildman–Crippen MR) is 106 cm³/mol. The molecule has 0 amide bonds. The Balaban J connectivity index is 2.24. The van der Waals surface area contributed by atoms with Crippen LogP contribution in [0.5, 0.6) is 0 Å². The van der Waals surface area contributed by atoms with Crippen molar-refractivity contribution >= 4 is 5.71 Å². The summed E-state index contributed by atoms with van der Waals surface area (Å²) in [7, 11) is 0. The van der Waals surface area contributed by atoms with E-state index < -0.39 is 0 Å². The third-order valence-electron chi connectivity index (χ3n) is 4.87. The number of aliphatic imine (C=N–C) groups is 1. The molecule has 2 aliphatic rings. The highest BCUT2D eigenvalue weighted by Gasteiger charge is 2.21. The van der Waals surface area contributed by atoms with Crippen LogP contribution in [-0.2, 0) is 0 Å². The fraction of sp³-hybridized carbons (Fsp3) is 0.500. The Morgan fingerprint density at radius 3 is 2.92 bits per heavy atom. The van der Waals surface area contributed by atoms with Crippen molar-refractivity contribution < 1.29 is 0 Å². The van der Waals surface area contributed by atoms with Gasteiger partial charge in [-0.15, -0.1) is 0 Å². The van der Waals surface area contributed by atoms with Crippen molar-refractivity contribution in [3.8, 4) is 0 Å². The average molecular weight is 325 g/mol. The summed E-state index contributed by atoms with van der Waals surface area (Å²) in [5, 5.41) is 3.80. The second-order valence-corrected chi connectivity index (χ2v) is 6.76. The summed E-state index contributed by atoms with van der Waals surface area (Å²) in [6.07, 6.45) is 20.1. The largest absolute Gasteiger partial charge is 0.380 e. The van der Waals surface area contributed by atoms with E-state index in [2.05, 4.69) is 75.5 Å². The van der Waals surface area contributed by atoms with Crippen molar-refractivity contribution in [3.63, 3.8) is 0 Å². The highest BCUT2D eigenvalue weighted by Crippen LogP contribution is 2.23. The van der Waals surface area contributed by atoms with Gasteiger partial charge in [0.2, 0.25) is 0 Å². The first kappa shape index (κ1) is 18.5.